The molecule has 1 saturated heterocycles. The van der Waals surface area contributed by atoms with E-state index >= 15 is 0 Å². The fraction of sp³-hybridized carbons (Fsp3) is 0.324. The number of pyridine rings is 1. The number of ether oxygens (including phenoxy) is 1. The highest BCUT2D eigenvalue weighted by atomic mass is 19.3. The number of fused-ring (bicyclic) bond motifs is 2. The number of nitrogens with zero attached hydrogens (tertiary/aromatic N) is 5. The molecule has 3 N–H and O–H groups in total. The summed E-state index contributed by atoms with van der Waals surface area (Å²) in [5.41, 5.74) is 3.57. The maximum atomic E-state index is 14.2. The summed E-state index contributed by atoms with van der Waals surface area (Å²) in [7, 11) is 0. The third-order valence-corrected chi connectivity index (χ3v) is 8.61. The first-order valence-electron chi connectivity index (χ1n) is 15.2. The number of alkyl halides is 2. The molecule has 12 heteroatoms. The number of aromatic amines is 1. The lowest BCUT2D eigenvalue weighted by Gasteiger charge is -2.34. The number of H-pyrrole nitrogens is 1. The summed E-state index contributed by atoms with van der Waals surface area (Å²) in [4.78, 5) is 26.6. The van der Waals surface area contributed by atoms with E-state index in [0.29, 0.717) is 65.7 Å². The minimum Gasteiger partial charge on any atom is -0.457 e. The van der Waals surface area contributed by atoms with E-state index in [1.165, 1.54) is 6.07 Å². The molecular weight excluding hydrogens is 592 g/mol. The molecule has 1 fully saturated rings. The lowest BCUT2D eigenvalue weighted by atomic mass is 9.90. The standard InChI is InChI=1S/C34H35F2N7O3/c1-2-22-20-43(21-24-15-27(5-6-28(22)24)46-31-7-8-38-33-30(31)17-26(18-37)39-33)34(45)40-25-4-3-23(29(16-25)32(35)36)19-42-11-9-41(10-12-42)13-14-44/h2-8,15-17,22,32,44H,1,9-14,19-21H2,(H,38,39)(H,40,45)/t22-/m1/s1. The Bertz CT molecular complexity index is 1780. The van der Waals surface area contributed by atoms with Gasteiger partial charge in [0.1, 0.15) is 28.9 Å². The summed E-state index contributed by atoms with van der Waals surface area (Å²) in [5.74, 6) is 0.967. The quantitative estimate of drug-likeness (QED) is 0.207. The molecule has 1 atom stereocenters. The Morgan fingerprint density at radius 3 is 2.72 bits per heavy atom. The number of aliphatic hydroxyl groups is 1. The molecule has 0 unspecified atom stereocenters. The predicted molar refractivity (Wildman–Crippen MR) is 170 cm³/mol. The van der Waals surface area contributed by atoms with Crippen molar-refractivity contribution in [3.05, 3.63) is 95.3 Å². The third-order valence-electron chi connectivity index (χ3n) is 8.61. The number of carbonyl (C=O) groups excluding carboxylic acids is 1. The van der Waals surface area contributed by atoms with Crippen LogP contribution < -0.4 is 10.1 Å². The van der Waals surface area contributed by atoms with Gasteiger partial charge in [0.2, 0.25) is 0 Å². The number of amides is 2. The van der Waals surface area contributed by atoms with Crippen molar-refractivity contribution in [2.45, 2.75) is 25.4 Å². The van der Waals surface area contributed by atoms with Crippen molar-refractivity contribution in [2.75, 3.05) is 51.2 Å². The highest BCUT2D eigenvalue weighted by Gasteiger charge is 2.28. The Labute approximate surface area is 265 Å². The predicted octanol–water partition coefficient (Wildman–Crippen LogP) is 5.59. The van der Waals surface area contributed by atoms with E-state index in [0.717, 1.165) is 37.3 Å². The van der Waals surface area contributed by atoms with Gasteiger partial charge in [-0.25, -0.2) is 18.6 Å². The average molecular weight is 628 g/mol. The first kappa shape index (κ1) is 31.2. The SMILES string of the molecule is C=C[C@@H]1CN(C(=O)Nc2ccc(CN3CCN(CCO)CC3)c(C(F)F)c2)Cc2cc(Oc3ccnc4[nH]c(C#N)cc34)ccc21. The Balaban J connectivity index is 1.15. The van der Waals surface area contributed by atoms with E-state index in [9.17, 15) is 18.8 Å². The van der Waals surface area contributed by atoms with Crippen LogP contribution in [-0.2, 0) is 13.1 Å². The number of aliphatic hydroxyl groups excluding tert-OH is 1. The summed E-state index contributed by atoms with van der Waals surface area (Å²) < 4.78 is 34.5. The molecule has 238 valence electrons. The number of hydrogen-bond acceptors (Lipinski definition) is 7. The summed E-state index contributed by atoms with van der Waals surface area (Å²) in [5, 5.41) is 21.9. The molecule has 0 radical (unpaired) electrons. The normalized spacial score (nSPS) is 17.1. The fourth-order valence-corrected chi connectivity index (χ4v) is 6.16. The molecule has 2 aliphatic heterocycles. The fourth-order valence-electron chi connectivity index (χ4n) is 6.16. The van der Waals surface area contributed by atoms with Crippen LogP contribution >= 0.6 is 0 Å². The molecule has 0 bridgehead atoms. The number of nitriles is 1. The van der Waals surface area contributed by atoms with E-state index in [1.807, 2.05) is 18.2 Å². The first-order chi connectivity index (χ1) is 22.3. The second-order valence-corrected chi connectivity index (χ2v) is 11.5. The zero-order valence-corrected chi connectivity index (χ0v) is 25.3. The molecular formula is C34H35F2N7O3. The molecule has 2 amide bonds. The number of hydrogen-bond donors (Lipinski definition) is 3. The van der Waals surface area contributed by atoms with Gasteiger partial charge in [0, 0.05) is 75.7 Å². The molecule has 2 aromatic heterocycles. The maximum absolute atomic E-state index is 14.2. The molecule has 0 spiro atoms. The van der Waals surface area contributed by atoms with Crippen LogP contribution in [0.25, 0.3) is 11.0 Å². The molecule has 6 rings (SSSR count). The molecule has 10 nitrogen and oxygen atoms in total. The van der Waals surface area contributed by atoms with Crippen LogP contribution in [0, 0.1) is 11.3 Å². The Morgan fingerprint density at radius 1 is 1.17 bits per heavy atom. The largest absolute Gasteiger partial charge is 0.457 e. The van der Waals surface area contributed by atoms with E-state index in [2.05, 4.69) is 37.7 Å². The van der Waals surface area contributed by atoms with Gasteiger partial charge < -0.3 is 25.0 Å². The molecule has 4 aromatic rings. The number of β-amino-alcohol motifs (C(OH)–C–C–N with tert-alkyl or cyclic N) is 1. The average Bonchev–Trinajstić information content (AvgIpc) is 3.50. The number of anilines is 1. The highest BCUT2D eigenvalue weighted by molar-refractivity contribution is 5.90. The number of urea groups is 1. The monoisotopic (exact) mass is 627 g/mol. The van der Waals surface area contributed by atoms with E-state index in [-0.39, 0.29) is 18.1 Å². The third kappa shape index (κ3) is 6.72. The van der Waals surface area contributed by atoms with E-state index in [1.54, 1.807) is 41.4 Å². The summed E-state index contributed by atoms with van der Waals surface area (Å²) in [6.45, 7) is 8.78. The maximum Gasteiger partial charge on any atom is 0.322 e. The molecule has 2 aromatic carbocycles. The number of aromatic nitrogens is 2. The van der Waals surface area contributed by atoms with Crippen molar-refractivity contribution in [2.24, 2.45) is 0 Å². The minimum absolute atomic E-state index is 0.0973. The molecule has 2 aliphatic rings. The Kier molecular flexibility index (Phi) is 9.25. The van der Waals surface area contributed by atoms with Gasteiger partial charge in [-0.1, -0.05) is 18.2 Å². The van der Waals surface area contributed by atoms with Crippen molar-refractivity contribution in [3.8, 4) is 17.6 Å². The second-order valence-electron chi connectivity index (χ2n) is 11.5. The zero-order chi connectivity index (χ0) is 32.2. The van der Waals surface area contributed by atoms with Crippen LogP contribution in [0.3, 0.4) is 0 Å². The topological polar surface area (TPSA) is 121 Å². The zero-order valence-electron chi connectivity index (χ0n) is 25.3. The number of rotatable bonds is 9. The van der Waals surface area contributed by atoms with Gasteiger partial charge in [0.05, 0.1) is 12.0 Å². The van der Waals surface area contributed by atoms with Gasteiger partial charge in [0.15, 0.2) is 0 Å². The van der Waals surface area contributed by atoms with Gasteiger partial charge in [-0.3, -0.25) is 9.80 Å². The van der Waals surface area contributed by atoms with Crippen molar-refractivity contribution in [1.82, 2.24) is 24.7 Å². The number of piperazine rings is 1. The van der Waals surface area contributed by atoms with Crippen molar-refractivity contribution < 1.29 is 23.4 Å². The molecule has 4 heterocycles. The number of halogens is 2. The van der Waals surface area contributed by atoms with Crippen LogP contribution in [0.15, 0.2) is 67.4 Å². The molecule has 0 saturated carbocycles. The van der Waals surface area contributed by atoms with Crippen LogP contribution in [0.4, 0.5) is 19.3 Å². The van der Waals surface area contributed by atoms with Crippen molar-refractivity contribution in [3.63, 3.8) is 0 Å². The summed E-state index contributed by atoms with van der Waals surface area (Å²) in [6, 6.07) is 15.5. The summed E-state index contributed by atoms with van der Waals surface area (Å²) in [6.07, 6.45) is 0.703. The van der Waals surface area contributed by atoms with Crippen molar-refractivity contribution >= 4 is 22.8 Å². The van der Waals surface area contributed by atoms with E-state index < -0.39 is 12.5 Å². The van der Waals surface area contributed by atoms with Crippen LogP contribution in [0.5, 0.6) is 11.5 Å². The summed E-state index contributed by atoms with van der Waals surface area (Å²) >= 11 is 0. The molecule has 0 aliphatic carbocycles. The second kappa shape index (κ2) is 13.7. The van der Waals surface area contributed by atoms with Crippen molar-refractivity contribution in [1.29, 1.82) is 5.26 Å². The number of carbonyl (C=O) groups is 1. The van der Waals surface area contributed by atoms with Crippen LogP contribution in [0.1, 0.15) is 40.3 Å². The lowest BCUT2D eigenvalue weighted by Crippen LogP contribution is -2.46. The smallest absolute Gasteiger partial charge is 0.322 e. The van der Waals surface area contributed by atoms with Gasteiger partial charge in [-0.15, -0.1) is 6.58 Å². The highest BCUT2D eigenvalue weighted by Crippen LogP contribution is 2.35. The molecule has 46 heavy (non-hydrogen) atoms. The van der Waals surface area contributed by atoms with Gasteiger partial charge >= 0.3 is 6.03 Å². The lowest BCUT2D eigenvalue weighted by molar-refractivity contribution is 0.106. The Hall–Kier alpha value is -4.83. The van der Waals surface area contributed by atoms with Crippen LogP contribution in [0.2, 0.25) is 0 Å². The van der Waals surface area contributed by atoms with Gasteiger partial charge in [-0.05, 0) is 53.1 Å². The first-order valence-corrected chi connectivity index (χ1v) is 15.2. The Morgan fingerprint density at radius 2 is 1.98 bits per heavy atom. The van der Waals surface area contributed by atoms with E-state index in [4.69, 9.17) is 9.84 Å². The van der Waals surface area contributed by atoms with Gasteiger partial charge in [0.25, 0.3) is 6.43 Å². The van der Waals surface area contributed by atoms with Crippen LogP contribution in [-0.4, -0.2) is 81.7 Å². The number of benzene rings is 2. The van der Waals surface area contributed by atoms with Gasteiger partial charge in [-0.2, -0.15) is 5.26 Å². The minimum atomic E-state index is -2.69. The number of nitrogens with one attached hydrogen (secondary N) is 2.